The van der Waals surface area contributed by atoms with Crippen LogP contribution < -0.4 is 5.32 Å². The van der Waals surface area contributed by atoms with Crippen molar-refractivity contribution in [1.82, 2.24) is 15.1 Å². The van der Waals surface area contributed by atoms with Crippen molar-refractivity contribution in [2.75, 3.05) is 0 Å². The van der Waals surface area contributed by atoms with Crippen LogP contribution in [0, 0.1) is 13.8 Å². The monoisotopic (exact) mass is 263 g/mol. The summed E-state index contributed by atoms with van der Waals surface area (Å²) >= 11 is 1.74. The number of nitrogens with zero attached hydrogens (tertiary/aromatic N) is 2. The molecule has 2 heterocycles. The van der Waals surface area contributed by atoms with Gasteiger partial charge >= 0.3 is 0 Å². The molecule has 98 valence electrons. The Kier molecular flexibility index (Phi) is 4.19. The van der Waals surface area contributed by atoms with Crippen molar-refractivity contribution >= 4 is 11.3 Å². The van der Waals surface area contributed by atoms with Crippen molar-refractivity contribution in [3.05, 3.63) is 39.3 Å². The first-order valence-corrected chi connectivity index (χ1v) is 7.29. The van der Waals surface area contributed by atoms with Crippen LogP contribution in [0.1, 0.15) is 36.4 Å². The van der Waals surface area contributed by atoms with Crippen molar-refractivity contribution in [2.45, 2.75) is 46.8 Å². The Bertz CT molecular complexity index is 497. The number of rotatable bonds is 5. The van der Waals surface area contributed by atoms with Crippen LogP contribution in [-0.4, -0.2) is 15.8 Å². The molecule has 0 unspecified atom stereocenters. The number of aromatic nitrogens is 2. The van der Waals surface area contributed by atoms with E-state index in [-0.39, 0.29) is 0 Å². The number of aryl methyl sites for hydroxylation is 1. The van der Waals surface area contributed by atoms with E-state index in [0.717, 1.165) is 18.8 Å². The fourth-order valence-corrected chi connectivity index (χ4v) is 2.67. The quantitative estimate of drug-likeness (QED) is 0.898. The van der Waals surface area contributed by atoms with Gasteiger partial charge in [0.2, 0.25) is 0 Å². The molecule has 0 aliphatic rings. The molecule has 3 nitrogen and oxygen atoms in total. The lowest BCUT2D eigenvalue weighted by Gasteiger charge is -2.08. The maximum atomic E-state index is 4.64. The molecule has 0 aliphatic carbocycles. The largest absolute Gasteiger partial charge is 0.310 e. The summed E-state index contributed by atoms with van der Waals surface area (Å²) < 4.78 is 2.11. The highest BCUT2D eigenvalue weighted by molar-refractivity contribution is 7.07. The first-order valence-electron chi connectivity index (χ1n) is 6.35. The van der Waals surface area contributed by atoms with E-state index in [9.17, 15) is 0 Å². The van der Waals surface area contributed by atoms with Gasteiger partial charge in [0, 0.05) is 23.8 Å². The van der Waals surface area contributed by atoms with E-state index < -0.39 is 0 Å². The molecule has 2 aromatic heterocycles. The Balaban J connectivity index is 2.15. The van der Waals surface area contributed by atoms with Crippen molar-refractivity contribution in [1.29, 1.82) is 0 Å². The molecule has 0 aromatic carbocycles. The van der Waals surface area contributed by atoms with Crippen LogP contribution in [-0.2, 0) is 13.1 Å². The summed E-state index contributed by atoms with van der Waals surface area (Å²) in [5.74, 6) is 0. The van der Waals surface area contributed by atoms with Crippen LogP contribution >= 0.6 is 11.3 Å². The van der Waals surface area contributed by atoms with Crippen LogP contribution in [0.3, 0.4) is 0 Å². The first-order chi connectivity index (χ1) is 8.58. The lowest BCUT2D eigenvalue weighted by molar-refractivity contribution is 0.584. The predicted octanol–water partition coefficient (Wildman–Crippen LogP) is 3.11. The molecule has 18 heavy (non-hydrogen) atoms. The third kappa shape index (κ3) is 3.00. The third-order valence-electron chi connectivity index (χ3n) is 3.13. The fourth-order valence-electron chi connectivity index (χ4n) is 2.01. The van der Waals surface area contributed by atoms with Crippen LogP contribution in [0.25, 0.3) is 0 Å². The molecule has 0 saturated heterocycles. The highest BCUT2D eigenvalue weighted by Gasteiger charge is 2.11. The lowest BCUT2D eigenvalue weighted by atomic mass is 10.2. The van der Waals surface area contributed by atoms with Gasteiger partial charge < -0.3 is 5.32 Å². The smallest absolute Gasteiger partial charge is 0.0670 e. The molecule has 4 heteroatoms. The SMILES string of the molecule is Cc1nn(Cc2ccsc2)c(C)c1CNC(C)C. The minimum absolute atomic E-state index is 0.504. The topological polar surface area (TPSA) is 29.9 Å². The Hall–Kier alpha value is -1.13. The van der Waals surface area contributed by atoms with E-state index in [0.29, 0.717) is 6.04 Å². The second-order valence-electron chi connectivity index (χ2n) is 4.97. The van der Waals surface area contributed by atoms with Gasteiger partial charge in [-0.15, -0.1) is 0 Å². The fraction of sp³-hybridized carbons (Fsp3) is 0.500. The Morgan fingerprint density at radius 2 is 2.17 bits per heavy atom. The molecule has 0 fully saturated rings. The predicted molar refractivity (Wildman–Crippen MR) is 77.1 cm³/mol. The average molecular weight is 263 g/mol. The van der Waals surface area contributed by atoms with Gasteiger partial charge in [0.25, 0.3) is 0 Å². The zero-order valence-electron chi connectivity index (χ0n) is 11.5. The van der Waals surface area contributed by atoms with E-state index >= 15 is 0 Å². The molecule has 0 bridgehead atoms. The van der Waals surface area contributed by atoms with Gasteiger partial charge in [0.1, 0.15) is 0 Å². The van der Waals surface area contributed by atoms with Gasteiger partial charge in [-0.1, -0.05) is 13.8 Å². The van der Waals surface area contributed by atoms with Gasteiger partial charge in [0.15, 0.2) is 0 Å². The molecule has 0 amide bonds. The maximum Gasteiger partial charge on any atom is 0.0670 e. The van der Waals surface area contributed by atoms with Crippen LogP contribution in [0.2, 0.25) is 0 Å². The summed E-state index contributed by atoms with van der Waals surface area (Å²) in [6.45, 7) is 10.4. The minimum Gasteiger partial charge on any atom is -0.310 e. The number of hydrogen-bond acceptors (Lipinski definition) is 3. The summed E-state index contributed by atoms with van der Waals surface area (Å²) in [5.41, 5.74) is 5.07. The van der Waals surface area contributed by atoms with Gasteiger partial charge in [-0.3, -0.25) is 4.68 Å². The molecule has 0 atom stereocenters. The summed E-state index contributed by atoms with van der Waals surface area (Å²) in [4.78, 5) is 0. The summed E-state index contributed by atoms with van der Waals surface area (Å²) in [6, 6.07) is 2.66. The van der Waals surface area contributed by atoms with Gasteiger partial charge in [-0.2, -0.15) is 16.4 Å². The standard InChI is InChI=1S/C14H21N3S/c1-10(2)15-7-14-11(3)16-17(12(14)4)8-13-5-6-18-9-13/h5-6,9-10,15H,7-8H2,1-4H3. The Morgan fingerprint density at radius 1 is 1.39 bits per heavy atom. The van der Waals surface area contributed by atoms with Crippen molar-refractivity contribution in [3.63, 3.8) is 0 Å². The molecule has 0 radical (unpaired) electrons. The highest BCUT2D eigenvalue weighted by atomic mass is 32.1. The van der Waals surface area contributed by atoms with Crippen molar-refractivity contribution in [2.24, 2.45) is 0 Å². The molecule has 2 rings (SSSR count). The van der Waals surface area contributed by atoms with Gasteiger partial charge in [-0.25, -0.2) is 0 Å². The van der Waals surface area contributed by atoms with Gasteiger partial charge in [-0.05, 0) is 36.2 Å². The Morgan fingerprint density at radius 3 is 2.78 bits per heavy atom. The van der Waals surface area contributed by atoms with Crippen molar-refractivity contribution in [3.8, 4) is 0 Å². The third-order valence-corrected chi connectivity index (χ3v) is 3.86. The van der Waals surface area contributed by atoms with E-state index in [1.54, 1.807) is 11.3 Å². The normalized spacial score (nSPS) is 11.4. The van der Waals surface area contributed by atoms with Crippen LogP contribution in [0.4, 0.5) is 0 Å². The molecule has 0 spiro atoms. The van der Waals surface area contributed by atoms with Crippen molar-refractivity contribution < 1.29 is 0 Å². The van der Waals surface area contributed by atoms with Crippen LogP contribution in [0.15, 0.2) is 16.8 Å². The molecular weight excluding hydrogens is 242 g/mol. The minimum atomic E-state index is 0.504. The average Bonchev–Trinajstić information content (AvgIpc) is 2.88. The zero-order valence-corrected chi connectivity index (χ0v) is 12.3. The number of nitrogens with one attached hydrogen (secondary N) is 1. The Labute approximate surface area is 113 Å². The molecule has 2 aromatic rings. The second-order valence-corrected chi connectivity index (χ2v) is 5.75. The zero-order chi connectivity index (χ0) is 13.1. The summed E-state index contributed by atoms with van der Waals surface area (Å²) in [6.07, 6.45) is 0. The molecule has 0 aliphatic heterocycles. The van der Waals surface area contributed by atoms with E-state index in [4.69, 9.17) is 0 Å². The second kappa shape index (κ2) is 5.67. The summed E-state index contributed by atoms with van der Waals surface area (Å²) in [5, 5.41) is 12.4. The highest BCUT2D eigenvalue weighted by Crippen LogP contribution is 2.16. The maximum absolute atomic E-state index is 4.64. The number of thiophene rings is 1. The molecule has 1 N–H and O–H groups in total. The van der Waals surface area contributed by atoms with Crippen LogP contribution in [0.5, 0.6) is 0 Å². The van der Waals surface area contributed by atoms with E-state index in [1.165, 1.54) is 16.8 Å². The lowest BCUT2D eigenvalue weighted by Crippen LogP contribution is -2.22. The first kappa shape index (κ1) is 13.3. The molecular formula is C14H21N3S. The summed E-state index contributed by atoms with van der Waals surface area (Å²) in [7, 11) is 0. The van der Waals surface area contributed by atoms with E-state index in [1.807, 2.05) is 0 Å². The van der Waals surface area contributed by atoms with Gasteiger partial charge in [0.05, 0.1) is 12.2 Å². The van der Waals surface area contributed by atoms with E-state index in [2.05, 4.69) is 59.6 Å². The molecule has 0 saturated carbocycles. The number of hydrogen-bond donors (Lipinski definition) is 1.